The van der Waals surface area contributed by atoms with Crippen LogP contribution in [0.1, 0.15) is 12.8 Å². The van der Waals surface area contributed by atoms with Crippen molar-refractivity contribution < 1.29 is 13.9 Å². The Labute approximate surface area is 115 Å². The van der Waals surface area contributed by atoms with E-state index in [0.29, 0.717) is 23.3 Å². The summed E-state index contributed by atoms with van der Waals surface area (Å²) in [6.07, 6.45) is 3.27. The second-order valence-corrected chi connectivity index (χ2v) is 5.12. The summed E-state index contributed by atoms with van der Waals surface area (Å²) in [4.78, 5) is 10.2. The molecule has 0 aliphatic carbocycles. The highest BCUT2D eigenvalue weighted by atomic mass is 19.2. The molecule has 6 heteroatoms. The summed E-state index contributed by atoms with van der Waals surface area (Å²) in [5, 5.41) is 9.79. The van der Waals surface area contributed by atoms with Crippen LogP contribution >= 0.6 is 0 Å². The van der Waals surface area contributed by atoms with Crippen LogP contribution in [-0.2, 0) is 0 Å². The topological polar surface area (TPSA) is 49.2 Å². The maximum Gasteiger partial charge on any atom is 0.161 e. The number of anilines is 1. The smallest absolute Gasteiger partial charge is 0.161 e. The van der Waals surface area contributed by atoms with Crippen LogP contribution in [0.5, 0.6) is 0 Å². The van der Waals surface area contributed by atoms with Crippen LogP contribution in [0.25, 0.3) is 10.9 Å². The number of halogens is 2. The molecule has 4 nitrogen and oxygen atoms in total. The quantitative estimate of drug-likeness (QED) is 0.914. The van der Waals surface area contributed by atoms with Gasteiger partial charge in [-0.2, -0.15) is 0 Å². The van der Waals surface area contributed by atoms with E-state index in [1.807, 2.05) is 4.90 Å². The van der Waals surface area contributed by atoms with Crippen molar-refractivity contribution in [2.75, 3.05) is 24.6 Å². The molecule has 1 aliphatic heterocycles. The number of hydrogen-bond acceptors (Lipinski definition) is 4. The highest BCUT2D eigenvalue weighted by Gasteiger charge is 2.22. The molecule has 2 heterocycles. The van der Waals surface area contributed by atoms with Crippen LogP contribution in [0, 0.1) is 17.6 Å². The number of nitrogens with zero attached hydrogens (tertiary/aromatic N) is 3. The van der Waals surface area contributed by atoms with Gasteiger partial charge >= 0.3 is 0 Å². The third-order valence-corrected chi connectivity index (χ3v) is 3.73. The van der Waals surface area contributed by atoms with Gasteiger partial charge in [0.15, 0.2) is 11.6 Å². The second kappa shape index (κ2) is 5.28. The van der Waals surface area contributed by atoms with Crippen molar-refractivity contribution >= 4 is 16.7 Å². The summed E-state index contributed by atoms with van der Waals surface area (Å²) in [7, 11) is 0. The standard InChI is InChI=1S/C14H15F2N3O/c15-11-4-10-13(5-12(11)16)17-8-18-14(10)19-3-1-2-9(6-19)7-20/h4-5,8-9,20H,1-3,6-7H2. The molecule has 20 heavy (non-hydrogen) atoms. The van der Waals surface area contributed by atoms with Gasteiger partial charge in [0.2, 0.25) is 0 Å². The van der Waals surface area contributed by atoms with Crippen molar-refractivity contribution in [3.63, 3.8) is 0 Å². The largest absolute Gasteiger partial charge is 0.396 e. The molecular weight excluding hydrogens is 264 g/mol. The Morgan fingerprint density at radius 1 is 1.25 bits per heavy atom. The number of fused-ring (bicyclic) bond motifs is 1. The van der Waals surface area contributed by atoms with E-state index >= 15 is 0 Å². The fraction of sp³-hybridized carbons (Fsp3) is 0.429. The van der Waals surface area contributed by atoms with Gasteiger partial charge in [-0.1, -0.05) is 0 Å². The predicted molar refractivity (Wildman–Crippen MR) is 71.5 cm³/mol. The molecule has 3 rings (SSSR count). The zero-order valence-electron chi connectivity index (χ0n) is 10.9. The third-order valence-electron chi connectivity index (χ3n) is 3.73. The first-order valence-electron chi connectivity index (χ1n) is 6.64. The van der Waals surface area contributed by atoms with Crippen LogP contribution in [0.4, 0.5) is 14.6 Å². The van der Waals surface area contributed by atoms with Gasteiger partial charge in [-0.3, -0.25) is 0 Å². The summed E-state index contributed by atoms with van der Waals surface area (Å²) < 4.78 is 26.7. The molecule has 2 aromatic rings. The maximum absolute atomic E-state index is 13.4. The van der Waals surface area contributed by atoms with Crippen LogP contribution in [-0.4, -0.2) is 34.8 Å². The molecule has 1 unspecified atom stereocenters. The van der Waals surface area contributed by atoms with E-state index in [9.17, 15) is 13.9 Å². The molecule has 1 aliphatic rings. The molecule has 0 amide bonds. The van der Waals surface area contributed by atoms with E-state index in [2.05, 4.69) is 9.97 Å². The minimum absolute atomic E-state index is 0.127. The SMILES string of the molecule is OCC1CCCN(c2ncnc3cc(F)c(F)cc23)C1. The van der Waals surface area contributed by atoms with E-state index in [1.165, 1.54) is 6.33 Å². The monoisotopic (exact) mass is 279 g/mol. The lowest BCUT2D eigenvalue weighted by Crippen LogP contribution is -2.37. The molecule has 0 spiro atoms. The van der Waals surface area contributed by atoms with Crippen molar-refractivity contribution in [3.8, 4) is 0 Å². The van der Waals surface area contributed by atoms with Gasteiger partial charge in [-0.25, -0.2) is 18.7 Å². The Morgan fingerprint density at radius 3 is 2.85 bits per heavy atom. The highest BCUT2D eigenvalue weighted by molar-refractivity contribution is 5.89. The number of benzene rings is 1. The molecule has 1 aromatic heterocycles. The Morgan fingerprint density at radius 2 is 2.05 bits per heavy atom. The molecule has 0 radical (unpaired) electrons. The summed E-state index contributed by atoms with van der Waals surface area (Å²) in [6.45, 7) is 1.59. The van der Waals surface area contributed by atoms with Gasteiger partial charge in [0.1, 0.15) is 12.1 Å². The van der Waals surface area contributed by atoms with Gasteiger partial charge in [0, 0.05) is 31.1 Å². The van der Waals surface area contributed by atoms with Crippen LogP contribution in [0.15, 0.2) is 18.5 Å². The molecule has 106 valence electrons. The summed E-state index contributed by atoms with van der Waals surface area (Å²) in [5.41, 5.74) is 0.389. The van der Waals surface area contributed by atoms with E-state index in [0.717, 1.165) is 31.5 Å². The van der Waals surface area contributed by atoms with Crippen molar-refractivity contribution in [2.45, 2.75) is 12.8 Å². The van der Waals surface area contributed by atoms with Gasteiger partial charge in [0.05, 0.1) is 5.52 Å². The first-order chi connectivity index (χ1) is 9.69. The summed E-state index contributed by atoms with van der Waals surface area (Å²) in [6, 6.07) is 2.23. The van der Waals surface area contributed by atoms with Crippen molar-refractivity contribution in [1.82, 2.24) is 9.97 Å². The minimum Gasteiger partial charge on any atom is -0.396 e. The number of aliphatic hydroxyl groups excluding tert-OH is 1. The van der Waals surface area contributed by atoms with Crippen LogP contribution < -0.4 is 4.90 Å². The van der Waals surface area contributed by atoms with E-state index in [4.69, 9.17) is 0 Å². The molecular formula is C14H15F2N3O. The number of rotatable bonds is 2. The average Bonchev–Trinajstić information content (AvgIpc) is 2.48. The second-order valence-electron chi connectivity index (χ2n) is 5.12. The van der Waals surface area contributed by atoms with Crippen LogP contribution in [0.3, 0.4) is 0 Å². The van der Waals surface area contributed by atoms with E-state index in [1.54, 1.807) is 0 Å². The molecule has 0 bridgehead atoms. The molecule has 0 saturated carbocycles. The Balaban J connectivity index is 2.04. The van der Waals surface area contributed by atoms with Gasteiger partial charge in [-0.05, 0) is 24.8 Å². The lowest BCUT2D eigenvalue weighted by Gasteiger charge is -2.33. The first kappa shape index (κ1) is 13.2. The lowest BCUT2D eigenvalue weighted by molar-refractivity contribution is 0.208. The van der Waals surface area contributed by atoms with E-state index in [-0.39, 0.29) is 12.5 Å². The van der Waals surface area contributed by atoms with Gasteiger partial charge in [0.25, 0.3) is 0 Å². The third kappa shape index (κ3) is 2.31. The zero-order valence-corrected chi connectivity index (χ0v) is 10.9. The number of hydrogen-bond donors (Lipinski definition) is 1. The number of piperidine rings is 1. The van der Waals surface area contributed by atoms with Gasteiger partial charge < -0.3 is 10.0 Å². The fourth-order valence-electron chi connectivity index (χ4n) is 2.70. The molecule has 1 N–H and O–H groups in total. The minimum atomic E-state index is -0.908. The Bertz CT molecular complexity index is 635. The molecule has 1 fully saturated rings. The Kier molecular flexibility index (Phi) is 3.48. The highest BCUT2D eigenvalue weighted by Crippen LogP contribution is 2.28. The molecule has 1 aromatic carbocycles. The molecule has 1 saturated heterocycles. The lowest BCUT2D eigenvalue weighted by atomic mass is 9.99. The Hall–Kier alpha value is -1.82. The summed E-state index contributed by atoms with van der Waals surface area (Å²) >= 11 is 0. The average molecular weight is 279 g/mol. The van der Waals surface area contributed by atoms with Crippen molar-refractivity contribution in [1.29, 1.82) is 0 Å². The predicted octanol–water partition coefficient (Wildman–Crippen LogP) is 2.12. The normalized spacial score (nSPS) is 19.6. The van der Waals surface area contributed by atoms with Crippen molar-refractivity contribution in [2.24, 2.45) is 5.92 Å². The molecule has 1 atom stereocenters. The van der Waals surface area contributed by atoms with E-state index < -0.39 is 11.6 Å². The summed E-state index contributed by atoms with van der Waals surface area (Å²) in [5.74, 6) is -1.01. The van der Waals surface area contributed by atoms with Crippen molar-refractivity contribution in [3.05, 3.63) is 30.1 Å². The zero-order chi connectivity index (χ0) is 14.1. The number of aliphatic hydroxyl groups is 1. The number of aromatic nitrogens is 2. The van der Waals surface area contributed by atoms with Crippen LogP contribution in [0.2, 0.25) is 0 Å². The fourth-order valence-corrected chi connectivity index (χ4v) is 2.70. The van der Waals surface area contributed by atoms with Gasteiger partial charge in [-0.15, -0.1) is 0 Å². The maximum atomic E-state index is 13.4. The first-order valence-corrected chi connectivity index (χ1v) is 6.64.